The second-order valence-electron chi connectivity index (χ2n) is 10.5. The quantitative estimate of drug-likeness (QED) is 0.521. The fourth-order valence-electron chi connectivity index (χ4n) is 5.36. The first-order valence-electron chi connectivity index (χ1n) is 12.6. The Morgan fingerprint density at radius 1 is 1.21 bits per heavy atom. The molecule has 0 unspecified atom stereocenters. The molecule has 1 heterocycles. The van der Waals surface area contributed by atoms with E-state index in [1.54, 1.807) is 0 Å². The normalized spacial score (nSPS) is 22.5. The van der Waals surface area contributed by atoms with Gasteiger partial charge in [0.25, 0.3) is 0 Å². The van der Waals surface area contributed by atoms with E-state index in [4.69, 9.17) is 21.6 Å². The molecule has 1 aromatic rings. The Morgan fingerprint density at radius 2 is 1.91 bits per heavy atom. The van der Waals surface area contributed by atoms with Gasteiger partial charge >= 0.3 is 0 Å². The Hall–Kier alpha value is -1.94. The van der Waals surface area contributed by atoms with Gasteiger partial charge in [0.1, 0.15) is 6.61 Å². The molecule has 2 aliphatic carbocycles. The van der Waals surface area contributed by atoms with Crippen LogP contribution in [0, 0.1) is 29.6 Å². The Balaban J connectivity index is 1.32. The highest BCUT2D eigenvalue weighted by atomic mass is 35.5. The first-order valence-corrected chi connectivity index (χ1v) is 13.0. The summed E-state index contributed by atoms with van der Waals surface area (Å²) in [6, 6.07) is 6.35. The first kappa shape index (κ1) is 25.2. The van der Waals surface area contributed by atoms with Crippen molar-refractivity contribution in [3.05, 3.63) is 33.8 Å². The Bertz CT molecular complexity index is 963. The van der Waals surface area contributed by atoms with Gasteiger partial charge in [0.05, 0.1) is 18.1 Å². The molecule has 0 radical (unpaired) electrons. The molecular weight excluding hydrogens is 450 g/mol. The van der Waals surface area contributed by atoms with Gasteiger partial charge in [-0.2, -0.15) is 5.26 Å². The van der Waals surface area contributed by atoms with E-state index in [-0.39, 0.29) is 36.2 Å². The molecule has 2 saturated carbocycles. The highest BCUT2D eigenvalue weighted by molar-refractivity contribution is 6.30. The van der Waals surface area contributed by atoms with Crippen LogP contribution in [-0.4, -0.2) is 60.4 Å². The number of piperazine rings is 1. The van der Waals surface area contributed by atoms with E-state index in [2.05, 4.69) is 22.8 Å². The molecular formula is C27H36ClN3O3. The van der Waals surface area contributed by atoms with Crippen LogP contribution in [0.4, 0.5) is 0 Å². The third-order valence-corrected chi connectivity index (χ3v) is 8.02. The van der Waals surface area contributed by atoms with Gasteiger partial charge < -0.3 is 9.64 Å². The number of carbonyl (C=O) groups is 2. The summed E-state index contributed by atoms with van der Waals surface area (Å²) in [4.78, 5) is 29.9. The lowest BCUT2D eigenvalue weighted by Crippen LogP contribution is -2.54. The van der Waals surface area contributed by atoms with Gasteiger partial charge in [-0.25, -0.2) is 0 Å². The predicted octanol–water partition coefficient (Wildman–Crippen LogP) is 4.30. The SMILES string of the molecule is Cc1c(CC(=O)COCC2(C#N)CC2)cc(Cl)cc1CN1CCN(C(=O)C2CCCC2)[C@@H](C)C1. The summed E-state index contributed by atoms with van der Waals surface area (Å²) in [6.45, 7) is 7.76. The largest absolute Gasteiger partial charge is 0.372 e. The molecule has 4 rings (SSSR count). The van der Waals surface area contributed by atoms with Gasteiger partial charge in [0, 0.05) is 49.6 Å². The molecule has 0 N–H and O–H groups in total. The molecule has 184 valence electrons. The third-order valence-electron chi connectivity index (χ3n) is 7.80. The number of amides is 1. The van der Waals surface area contributed by atoms with Crippen LogP contribution in [-0.2, 0) is 27.3 Å². The minimum Gasteiger partial charge on any atom is -0.372 e. The number of ether oxygens (including phenoxy) is 1. The lowest BCUT2D eigenvalue weighted by Gasteiger charge is -2.41. The van der Waals surface area contributed by atoms with Crippen LogP contribution in [0.3, 0.4) is 0 Å². The van der Waals surface area contributed by atoms with E-state index in [1.165, 1.54) is 12.8 Å². The molecule has 1 atom stereocenters. The number of ketones is 1. The van der Waals surface area contributed by atoms with Crippen LogP contribution in [0.25, 0.3) is 0 Å². The molecule has 3 fully saturated rings. The number of Topliss-reactive ketones (excluding diaryl/α,β-unsaturated/α-hetero) is 1. The van der Waals surface area contributed by atoms with E-state index >= 15 is 0 Å². The number of halogens is 1. The summed E-state index contributed by atoms with van der Waals surface area (Å²) < 4.78 is 5.54. The van der Waals surface area contributed by atoms with Crippen molar-refractivity contribution >= 4 is 23.3 Å². The number of hydrogen-bond donors (Lipinski definition) is 0. The van der Waals surface area contributed by atoms with Crippen LogP contribution in [0.15, 0.2) is 12.1 Å². The molecule has 3 aliphatic rings. The summed E-state index contributed by atoms with van der Waals surface area (Å²) in [6.07, 6.45) is 6.43. The van der Waals surface area contributed by atoms with Gasteiger partial charge in [-0.1, -0.05) is 24.4 Å². The van der Waals surface area contributed by atoms with E-state index in [0.29, 0.717) is 17.5 Å². The molecule has 34 heavy (non-hydrogen) atoms. The summed E-state index contributed by atoms with van der Waals surface area (Å²) in [5.41, 5.74) is 2.79. The number of benzene rings is 1. The van der Waals surface area contributed by atoms with Crippen molar-refractivity contribution in [3.8, 4) is 6.07 Å². The number of rotatable bonds is 9. The Morgan fingerprint density at radius 3 is 2.56 bits per heavy atom. The van der Waals surface area contributed by atoms with Crippen molar-refractivity contribution in [2.24, 2.45) is 11.3 Å². The zero-order valence-electron chi connectivity index (χ0n) is 20.4. The van der Waals surface area contributed by atoms with Gasteiger partial charge in [-0.3, -0.25) is 14.5 Å². The van der Waals surface area contributed by atoms with E-state index in [1.807, 2.05) is 19.1 Å². The zero-order chi connectivity index (χ0) is 24.3. The maximum absolute atomic E-state index is 12.9. The Labute approximate surface area is 208 Å². The summed E-state index contributed by atoms with van der Waals surface area (Å²) in [5, 5.41) is 9.78. The molecule has 0 spiro atoms. The minimum atomic E-state index is -0.359. The molecule has 0 bridgehead atoms. The smallest absolute Gasteiger partial charge is 0.226 e. The highest BCUT2D eigenvalue weighted by Gasteiger charge is 2.43. The topological polar surface area (TPSA) is 73.6 Å². The van der Waals surface area contributed by atoms with E-state index in [0.717, 1.165) is 68.6 Å². The van der Waals surface area contributed by atoms with Crippen molar-refractivity contribution in [1.82, 2.24) is 9.80 Å². The summed E-state index contributed by atoms with van der Waals surface area (Å²) in [5.74, 6) is 0.564. The number of nitriles is 1. The van der Waals surface area contributed by atoms with Gasteiger partial charge in [0.15, 0.2) is 5.78 Å². The number of carbonyl (C=O) groups excluding carboxylic acids is 2. The number of hydrogen-bond acceptors (Lipinski definition) is 5. The molecule has 1 saturated heterocycles. The molecule has 7 heteroatoms. The van der Waals surface area contributed by atoms with Crippen molar-refractivity contribution in [1.29, 1.82) is 5.26 Å². The maximum atomic E-state index is 12.9. The second kappa shape index (κ2) is 10.8. The van der Waals surface area contributed by atoms with Crippen molar-refractivity contribution in [2.45, 2.75) is 71.4 Å². The van der Waals surface area contributed by atoms with E-state index in [9.17, 15) is 9.59 Å². The highest BCUT2D eigenvalue weighted by Crippen LogP contribution is 2.44. The van der Waals surface area contributed by atoms with Crippen LogP contribution in [0.2, 0.25) is 5.02 Å². The van der Waals surface area contributed by atoms with Crippen molar-refractivity contribution < 1.29 is 14.3 Å². The molecule has 6 nitrogen and oxygen atoms in total. The van der Waals surface area contributed by atoms with Gasteiger partial charge in [-0.05, 0) is 68.4 Å². The lowest BCUT2D eigenvalue weighted by molar-refractivity contribution is -0.140. The minimum absolute atomic E-state index is 0.00211. The molecule has 0 aromatic heterocycles. The lowest BCUT2D eigenvalue weighted by atomic mass is 9.97. The summed E-state index contributed by atoms with van der Waals surface area (Å²) >= 11 is 6.43. The maximum Gasteiger partial charge on any atom is 0.226 e. The van der Waals surface area contributed by atoms with Gasteiger partial charge in [0.2, 0.25) is 5.91 Å². The zero-order valence-corrected chi connectivity index (χ0v) is 21.2. The van der Waals surface area contributed by atoms with Crippen molar-refractivity contribution in [2.75, 3.05) is 32.8 Å². The molecule has 1 amide bonds. The van der Waals surface area contributed by atoms with Crippen LogP contribution >= 0.6 is 11.6 Å². The fourth-order valence-corrected chi connectivity index (χ4v) is 5.62. The Kier molecular flexibility index (Phi) is 7.97. The molecule has 1 aliphatic heterocycles. The number of nitrogens with zero attached hydrogens (tertiary/aromatic N) is 3. The second-order valence-corrected chi connectivity index (χ2v) is 11.0. The predicted molar refractivity (Wildman–Crippen MR) is 131 cm³/mol. The van der Waals surface area contributed by atoms with Crippen molar-refractivity contribution in [3.63, 3.8) is 0 Å². The van der Waals surface area contributed by atoms with Crippen LogP contribution < -0.4 is 0 Å². The standard InChI is InChI=1S/C27H36ClN3O3/c1-19-14-30(9-10-31(19)26(33)21-5-3-4-6-21)15-23-12-24(28)11-22(20(23)2)13-25(32)16-34-18-27(17-29)7-8-27/h11-12,19,21H,3-10,13-16,18H2,1-2H3/t19-/m0/s1. The van der Waals surface area contributed by atoms with Crippen LogP contribution in [0.1, 0.15) is 62.1 Å². The average Bonchev–Trinajstić information content (AvgIpc) is 3.36. The average molecular weight is 486 g/mol. The van der Waals surface area contributed by atoms with E-state index < -0.39 is 0 Å². The first-order chi connectivity index (χ1) is 16.3. The third kappa shape index (κ3) is 6.00. The van der Waals surface area contributed by atoms with Crippen LogP contribution in [0.5, 0.6) is 0 Å². The van der Waals surface area contributed by atoms with Gasteiger partial charge in [-0.15, -0.1) is 0 Å². The fraction of sp³-hybridized carbons (Fsp3) is 0.667. The molecule has 1 aromatic carbocycles. The summed E-state index contributed by atoms with van der Waals surface area (Å²) in [7, 11) is 0. The monoisotopic (exact) mass is 485 g/mol.